The van der Waals surface area contributed by atoms with E-state index in [1.54, 1.807) is 6.08 Å². The average Bonchev–Trinajstić information content (AvgIpc) is 2.14. The number of rotatable bonds is 8. The van der Waals surface area contributed by atoms with Crippen molar-refractivity contribution in [2.24, 2.45) is 5.92 Å². The predicted octanol–water partition coefficient (Wildman–Crippen LogP) is 3.79. The Labute approximate surface area is 92.7 Å². The molecule has 0 aromatic heterocycles. The second-order valence-electron chi connectivity index (χ2n) is 4.13. The smallest absolute Gasteiger partial charge is 0.327 e. The number of carboxylic acid groups (broad SMARTS) is 1. The van der Waals surface area contributed by atoms with E-state index in [-0.39, 0.29) is 0 Å². The lowest BCUT2D eigenvalue weighted by Crippen LogP contribution is -1.86. The van der Waals surface area contributed by atoms with E-state index >= 15 is 0 Å². The van der Waals surface area contributed by atoms with Crippen molar-refractivity contribution in [1.82, 2.24) is 0 Å². The number of hydrogen-bond acceptors (Lipinski definition) is 1. The first-order chi connectivity index (χ1) is 7.13. The maximum atomic E-state index is 10.1. The Bertz CT molecular complexity index is 215. The van der Waals surface area contributed by atoms with Crippen molar-refractivity contribution >= 4 is 5.97 Å². The molecule has 2 heteroatoms. The highest BCUT2D eigenvalue weighted by atomic mass is 16.4. The molecule has 0 aliphatic rings. The minimum absolute atomic E-state index is 0.719. The minimum Gasteiger partial charge on any atom is -0.478 e. The van der Waals surface area contributed by atoms with Gasteiger partial charge in [0.1, 0.15) is 0 Å². The van der Waals surface area contributed by atoms with Gasteiger partial charge in [-0.2, -0.15) is 0 Å². The quantitative estimate of drug-likeness (QED) is 0.376. The number of aliphatic carboxylic acids is 1. The summed E-state index contributed by atoms with van der Waals surface area (Å²) in [5.41, 5.74) is 0. The van der Waals surface area contributed by atoms with Crippen LogP contribution in [0.3, 0.4) is 0 Å². The van der Waals surface area contributed by atoms with E-state index in [9.17, 15) is 4.79 Å². The Morgan fingerprint density at radius 3 is 2.53 bits per heavy atom. The van der Waals surface area contributed by atoms with Gasteiger partial charge in [0.2, 0.25) is 0 Å². The van der Waals surface area contributed by atoms with Gasteiger partial charge in [-0.05, 0) is 25.2 Å². The molecule has 0 radical (unpaired) electrons. The fourth-order valence-corrected chi connectivity index (χ4v) is 1.28. The van der Waals surface area contributed by atoms with Crippen molar-refractivity contribution in [3.63, 3.8) is 0 Å². The summed E-state index contributed by atoms with van der Waals surface area (Å²) in [5, 5.41) is 8.33. The summed E-state index contributed by atoms with van der Waals surface area (Å²) < 4.78 is 0. The standard InChI is InChI=1S/C13H22O2/c1-12(2)10-8-6-4-3-5-7-9-11-13(14)15/h3,5,9,11-12H,4,6-8,10H2,1-2H3,(H,14,15)/b5-3?,11-9-. The van der Waals surface area contributed by atoms with Crippen LogP contribution in [0.5, 0.6) is 0 Å². The third-order valence-corrected chi connectivity index (χ3v) is 2.10. The molecule has 0 atom stereocenters. The molecule has 0 bridgehead atoms. The van der Waals surface area contributed by atoms with Crippen LogP contribution < -0.4 is 0 Å². The van der Waals surface area contributed by atoms with Crippen LogP contribution >= 0.6 is 0 Å². The van der Waals surface area contributed by atoms with Gasteiger partial charge in [0.15, 0.2) is 0 Å². The second kappa shape index (κ2) is 9.50. The minimum atomic E-state index is -0.875. The van der Waals surface area contributed by atoms with Gasteiger partial charge >= 0.3 is 5.97 Å². The molecule has 2 nitrogen and oxygen atoms in total. The van der Waals surface area contributed by atoms with Crippen LogP contribution in [0.2, 0.25) is 0 Å². The highest BCUT2D eigenvalue weighted by Gasteiger charge is 1.91. The van der Waals surface area contributed by atoms with Gasteiger partial charge in [-0.1, -0.05) is 44.9 Å². The van der Waals surface area contributed by atoms with E-state index in [2.05, 4.69) is 19.9 Å². The van der Waals surface area contributed by atoms with Crippen LogP contribution in [-0.4, -0.2) is 11.1 Å². The van der Waals surface area contributed by atoms with Crippen molar-refractivity contribution in [3.05, 3.63) is 24.3 Å². The van der Waals surface area contributed by atoms with Crippen molar-refractivity contribution in [2.45, 2.75) is 46.0 Å². The summed E-state index contributed by atoms with van der Waals surface area (Å²) in [4.78, 5) is 10.1. The van der Waals surface area contributed by atoms with Crippen molar-refractivity contribution in [1.29, 1.82) is 0 Å². The van der Waals surface area contributed by atoms with Gasteiger partial charge in [0.25, 0.3) is 0 Å². The fraction of sp³-hybridized carbons (Fsp3) is 0.615. The molecule has 0 aromatic rings. The van der Waals surface area contributed by atoms with Gasteiger partial charge < -0.3 is 5.11 Å². The Balaban J connectivity index is 3.28. The fourth-order valence-electron chi connectivity index (χ4n) is 1.28. The summed E-state index contributed by atoms with van der Waals surface area (Å²) in [6.45, 7) is 4.49. The van der Waals surface area contributed by atoms with Gasteiger partial charge in [-0.15, -0.1) is 0 Å². The highest BCUT2D eigenvalue weighted by molar-refractivity contribution is 5.79. The number of carboxylic acids is 1. The van der Waals surface area contributed by atoms with Crippen LogP contribution in [0.1, 0.15) is 46.0 Å². The molecular formula is C13H22O2. The molecular weight excluding hydrogens is 188 g/mol. The normalized spacial score (nSPS) is 11.9. The van der Waals surface area contributed by atoms with E-state index in [1.165, 1.54) is 25.3 Å². The lowest BCUT2D eigenvalue weighted by molar-refractivity contribution is -0.131. The molecule has 0 amide bonds. The summed E-state index contributed by atoms with van der Waals surface area (Å²) >= 11 is 0. The van der Waals surface area contributed by atoms with E-state index in [0.29, 0.717) is 0 Å². The Morgan fingerprint density at radius 2 is 1.93 bits per heavy atom. The van der Waals surface area contributed by atoms with Gasteiger partial charge in [0, 0.05) is 6.08 Å². The van der Waals surface area contributed by atoms with Crippen LogP contribution in [0.15, 0.2) is 24.3 Å². The number of hydrogen-bond donors (Lipinski definition) is 1. The van der Waals surface area contributed by atoms with Crippen molar-refractivity contribution < 1.29 is 9.90 Å². The first-order valence-electron chi connectivity index (χ1n) is 5.67. The topological polar surface area (TPSA) is 37.3 Å². The molecule has 0 saturated heterocycles. The zero-order valence-electron chi connectivity index (χ0n) is 9.78. The molecule has 0 aliphatic carbocycles. The molecule has 0 fully saturated rings. The Morgan fingerprint density at radius 1 is 1.20 bits per heavy atom. The third kappa shape index (κ3) is 12.9. The number of unbranched alkanes of at least 4 members (excludes halogenated alkanes) is 2. The summed E-state index contributed by atoms with van der Waals surface area (Å²) in [6, 6.07) is 0. The predicted molar refractivity (Wildman–Crippen MR) is 63.8 cm³/mol. The average molecular weight is 210 g/mol. The molecule has 0 aromatic carbocycles. The van der Waals surface area contributed by atoms with Crippen molar-refractivity contribution in [2.75, 3.05) is 0 Å². The number of allylic oxidation sites excluding steroid dienone is 3. The SMILES string of the molecule is CC(C)CCCCC=CC/C=C\C(=O)O. The molecule has 0 unspecified atom stereocenters. The molecule has 15 heavy (non-hydrogen) atoms. The summed E-state index contributed by atoms with van der Waals surface area (Å²) in [6.07, 6.45) is 12.6. The van der Waals surface area contributed by atoms with Gasteiger partial charge in [-0.3, -0.25) is 0 Å². The van der Waals surface area contributed by atoms with Crippen LogP contribution in [0.25, 0.3) is 0 Å². The summed E-state index contributed by atoms with van der Waals surface area (Å²) in [7, 11) is 0. The second-order valence-corrected chi connectivity index (χ2v) is 4.13. The van der Waals surface area contributed by atoms with E-state index in [1.807, 2.05) is 6.08 Å². The molecule has 86 valence electrons. The van der Waals surface area contributed by atoms with E-state index in [0.717, 1.165) is 18.8 Å². The lowest BCUT2D eigenvalue weighted by Gasteiger charge is -2.01. The van der Waals surface area contributed by atoms with Crippen LogP contribution in [-0.2, 0) is 4.79 Å². The molecule has 1 N–H and O–H groups in total. The first-order valence-corrected chi connectivity index (χ1v) is 5.67. The third-order valence-electron chi connectivity index (χ3n) is 2.10. The Hall–Kier alpha value is -1.05. The highest BCUT2D eigenvalue weighted by Crippen LogP contribution is 2.08. The van der Waals surface area contributed by atoms with Gasteiger partial charge in [0.05, 0.1) is 0 Å². The monoisotopic (exact) mass is 210 g/mol. The zero-order valence-corrected chi connectivity index (χ0v) is 9.78. The van der Waals surface area contributed by atoms with Crippen LogP contribution in [0.4, 0.5) is 0 Å². The molecule has 0 heterocycles. The van der Waals surface area contributed by atoms with Crippen LogP contribution in [0, 0.1) is 5.92 Å². The Kier molecular flexibility index (Phi) is 8.84. The lowest BCUT2D eigenvalue weighted by atomic mass is 10.1. The summed E-state index contributed by atoms with van der Waals surface area (Å²) in [5.74, 6) is -0.0761. The largest absolute Gasteiger partial charge is 0.478 e. The molecule has 0 saturated carbocycles. The maximum Gasteiger partial charge on any atom is 0.327 e. The first kappa shape index (κ1) is 13.9. The molecule has 0 spiro atoms. The van der Waals surface area contributed by atoms with Gasteiger partial charge in [-0.25, -0.2) is 4.79 Å². The van der Waals surface area contributed by atoms with E-state index in [4.69, 9.17) is 5.11 Å². The number of carbonyl (C=O) groups is 1. The van der Waals surface area contributed by atoms with E-state index < -0.39 is 5.97 Å². The molecule has 0 aliphatic heterocycles. The molecule has 0 rings (SSSR count). The zero-order chi connectivity index (χ0) is 11.5. The van der Waals surface area contributed by atoms with Crippen molar-refractivity contribution in [3.8, 4) is 0 Å². The maximum absolute atomic E-state index is 10.1.